The third-order valence-electron chi connectivity index (χ3n) is 3.33. The average molecular weight is 392 g/mol. The number of carbonyl (C=O) groups excluding carboxylic acids is 1. The van der Waals surface area contributed by atoms with E-state index in [0.29, 0.717) is 6.54 Å². The molecule has 0 bridgehead atoms. The number of hydrogen-bond acceptors (Lipinski definition) is 5. The van der Waals surface area contributed by atoms with Crippen molar-refractivity contribution in [3.05, 3.63) is 59.4 Å². The fraction of sp³-hybridized carbons (Fsp3) is 0.211. The van der Waals surface area contributed by atoms with Crippen molar-refractivity contribution in [2.75, 3.05) is 19.0 Å². The van der Waals surface area contributed by atoms with E-state index in [1.54, 1.807) is 26.2 Å². The number of rotatable bonds is 6. The van der Waals surface area contributed by atoms with E-state index >= 15 is 0 Å². The lowest BCUT2D eigenvalue weighted by atomic mass is 10.2. The van der Waals surface area contributed by atoms with Crippen molar-refractivity contribution in [1.82, 2.24) is 5.32 Å². The molecule has 0 saturated heterocycles. The molecule has 0 radical (unpaired) electrons. The van der Waals surface area contributed by atoms with Crippen LogP contribution in [0.1, 0.15) is 11.1 Å². The van der Waals surface area contributed by atoms with Crippen molar-refractivity contribution in [3.8, 4) is 5.75 Å². The van der Waals surface area contributed by atoms with Crippen LogP contribution in [-0.4, -0.2) is 41.7 Å². The van der Waals surface area contributed by atoms with E-state index in [0.717, 1.165) is 16.9 Å². The number of amides is 1. The Labute approximate surface area is 161 Å². The first kappa shape index (κ1) is 22.6. The molecular formula is C19H21FN2O6. The summed E-state index contributed by atoms with van der Waals surface area (Å²) in [6.07, 6.45) is 0. The standard InChI is InChI=1S/C17H19FN2O2.C2H2O4/c1-12-6-7-16(15(18)8-12)20-17(21)11-19-10-13-4-3-5-14(9-13)22-2;3-1(4)2(5)6/h3-9,19H,10-11H2,1-2H3,(H,20,21);(H,3,4)(H,5,6). The molecule has 2 rings (SSSR count). The molecule has 8 nitrogen and oxygen atoms in total. The highest BCUT2D eigenvalue weighted by Crippen LogP contribution is 2.15. The third kappa shape index (κ3) is 8.28. The van der Waals surface area contributed by atoms with Crippen LogP contribution in [0.4, 0.5) is 10.1 Å². The molecule has 0 fully saturated rings. The fourth-order valence-electron chi connectivity index (χ4n) is 2.02. The van der Waals surface area contributed by atoms with Crippen molar-refractivity contribution < 1.29 is 33.7 Å². The average Bonchev–Trinajstić information content (AvgIpc) is 2.64. The summed E-state index contributed by atoms with van der Waals surface area (Å²) in [5, 5.41) is 20.3. The highest BCUT2D eigenvalue weighted by Gasteiger charge is 2.07. The van der Waals surface area contributed by atoms with E-state index in [2.05, 4.69) is 10.6 Å². The van der Waals surface area contributed by atoms with Crippen molar-refractivity contribution in [1.29, 1.82) is 0 Å². The van der Waals surface area contributed by atoms with Crippen molar-refractivity contribution in [2.45, 2.75) is 13.5 Å². The van der Waals surface area contributed by atoms with E-state index in [-0.39, 0.29) is 18.1 Å². The Morgan fingerprint density at radius 1 is 1.07 bits per heavy atom. The zero-order valence-electron chi connectivity index (χ0n) is 15.4. The normalized spacial score (nSPS) is 9.68. The highest BCUT2D eigenvalue weighted by molar-refractivity contribution is 6.27. The first-order valence-electron chi connectivity index (χ1n) is 8.08. The summed E-state index contributed by atoms with van der Waals surface area (Å²) in [6, 6.07) is 12.3. The van der Waals surface area contributed by atoms with Gasteiger partial charge in [-0.15, -0.1) is 0 Å². The van der Waals surface area contributed by atoms with Gasteiger partial charge in [0.1, 0.15) is 11.6 Å². The molecule has 0 unspecified atom stereocenters. The minimum absolute atomic E-state index is 0.102. The number of anilines is 1. The van der Waals surface area contributed by atoms with E-state index in [1.165, 1.54) is 6.07 Å². The number of aliphatic carboxylic acids is 2. The molecule has 0 aliphatic carbocycles. The van der Waals surface area contributed by atoms with Gasteiger partial charge in [0.2, 0.25) is 5.91 Å². The molecular weight excluding hydrogens is 371 g/mol. The fourth-order valence-corrected chi connectivity index (χ4v) is 2.02. The predicted molar refractivity (Wildman–Crippen MR) is 99.7 cm³/mol. The summed E-state index contributed by atoms with van der Waals surface area (Å²) in [6.45, 7) is 2.43. The lowest BCUT2D eigenvalue weighted by Gasteiger charge is -2.09. The number of nitrogens with one attached hydrogen (secondary N) is 2. The molecule has 9 heteroatoms. The summed E-state index contributed by atoms with van der Waals surface area (Å²) in [4.78, 5) is 30.0. The maximum Gasteiger partial charge on any atom is 0.414 e. The Balaban J connectivity index is 0.000000568. The van der Waals surface area contributed by atoms with Crippen LogP contribution in [0.5, 0.6) is 5.75 Å². The first-order chi connectivity index (χ1) is 13.2. The number of halogens is 1. The van der Waals surface area contributed by atoms with E-state index in [1.807, 2.05) is 24.3 Å². The summed E-state index contributed by atoms with van der Waals surface area (Å²) < 4.78 is 18.8. The number of carboxylic acids is 2. The zero-order valence-corrected chi connectivity index (χ0v) is 15.4. The number of hydrogen-bond donors (Lipinski definition) is 4. The second kappa shape index (κ2) is 11.3. The summed E-state index contributed by atoms with van der Waals surface area (Å²) in [5.41, 5.74) is 2.01. The number of ether oxygens (including phenoxy) is 1. The number of carboxylic acid groups (broad SMARTS) is 2. The minimum Gasteiger partial charge on any atom is -0.497 e. The third-order valence-corrected chi connectivity index (χ3v) is 3.33. The van der Waals surface area contributed by atoms with Crippen LogP contribution in [0.25, 0.3) is 0 Å². The van der Waals surface area contributed by atoms with Crippen LogP contribution in [0, 0.1) is 12.7 Å². The molecule has 150 valence electrons. The topological polar surface area (TPSA) is 125 Å². The van der Waals surface area contributed by atoms with E-state index in [9.17, 15) is 9.18 Å². The zero-order chi connectivity index (χ0) is 21.1. The van der Waals surface area contributed by atoms with Crippen LogP contribution in [0.15, 0.2) is 42.5 Å². The molecule has 0 aliphatic heterocycles. The van der Waals surface area contributed by atoms with E-state index in [4.69, 9.17) is 24.5 Å². The van der Waals surface area contributed by atoms with Gasteiger partial charge in [-0.2, -0.15) is 0 Å². The SMILES string of the molecule is COc1cccc(CNCC(=O)Nc2ccc(C)cc2F)c1.O=C(O)C(=O)O. The number of aryl methyl sites for hydroxylation is 1. The number of benzene rings is 2. The molecule has 4 N–H and O–H groups in total. The van der Waals surface area contributed by atoms with Crippen LogP contribution >= 0.6 is 0 Å². The molecule has 28 heavy (non-hydrogen) atoms. The summed E-state index contributed by atoms with van der Waals surface area (Å²) in [7, 11) is 1.61. The number of carbonyl (C=O) groups is 3. The van der Waals surface area contributed by atoms with Gasteiger partial charge < -0.3 is 25.6 Å². The molecule has 0 atom stereocenters. The molecule has 1 amide bonds. The molecule has 0 aromatic heterocycles. The Hall–Kier alpha value is -3.46. The van der Waals surface area contributed by atoms with Crippen molar-refractivity contribution in [3.63, 3.8) is 0 Å². The van der Waals surface area contributed by atoms with Gasteiger partial charge in [-0.25, -0.2) is 14.0 Å². The molecule has 0 spiro atoms. The maximum atomic E-state index is 13.6. The minimum atomic E-state index is -1.82. The molecule has 0 saturated carbocycles. The molecule has 0 aliphatic rings. The largest absolute Gasteiger partial charge is 0.497 e. The van der Waals surface area contributed by atoms with Crippen molar-refractivity contribution >= 4 is 23.5 Å². The Morgan fingerprint density at radius 2 is 1.75 bits per heavy atom. The monoisotopic (exact) mass is 392 g/mol. The van der Waals surface area contributed by atoms with Gasteiger partial charge in [0.15, 0.2) is 0 Å². The van der Waals surface area contributed by atoms with Gasteiger partial charge in [0.05, 0.1) is 19.3 Å². The summed E-state index contributed by atoms with van der Waals surface area (Å²) >= 11 is 0. The van der Waals surface area contributed by atoms with E-state index < -0.39 is 17.8 Å². The van der Waals surface area contributed by atoms with Gasteiger partial charge in [0, 0.05) is 6.54 Å². The Bertz CT molecular complexity index is 829. The Kier molecular flexibility index (Phi) is 9.11. The Morgan fingerprint density at radius 3 is 2.32 bits per heavy atom. The van der Waals surface area contributed by atoms with Gasteiger partial charge in [0.25, 0.3) is 0 Å². The first-order valence-corrected chi connectivity index (χ1v) is 8.08. The smallest absolute Gasteiger partial charge is 0.414 e. The predicted octanol–water partition coefficient (Wildman–Crippen LogP) is 2.03. The highest BCUT2D eigenvalue weighted by atomic mass is 19.1. The molecule has 2 aromatic rings. The van der Waals surface area contributed by atoms with Crippen molar-refractivity contribution in [2.24, 2.45) is 0 Å². The second-order valence-corrected chi connectivity index (χ2v) is 5.60. The maximum absolute atomic E-state index is 13.6. The van der Waals surface area contributed by atoms with Crippen LogP contribution in [0.3, 0.4) is 0 Å². The summed E-state index contributed by atoms with van der Waals surface area (Å²) in [5.74, 6) is -3.60. The molecule has 0 heterocycles. The quantitative estimate of drug-likeness (QED) is 0.554. The van der Waals surface area contributed by atoms with Crippen LogP contribution in [0.2, 0.25) is 0 Å². The lowest BCUT2D eigenvalue weighted by Crippen LogP contribution is -2.28. The van der Waals surface area contributed by atoms with Gasteiger partial charge in [-0.1, -0.05) is 18.2 Å². The number of methoxy groups -OCH3 is 1. The molecule has 2 aromatic carbocycles. The van der Waals surface area contributed by atoms with Gasteiger partial charge >= 0.3 is 11.9 Å². The van der Waals surface area contributed by atoms with Gasteiger partial charge in [-0.3, -0.25) is 4.79 Å². The second-order valence-electron chi connectivity index (χ2n) is 5.60. The van der Waals surface area contributed by atoms with Gasteiger partial charge in [-0.05, 0) is 42.3 Å². The van der Waals surface area contributed by atoms with Crippen LogP contribution in [-0.2, 0) is 20.9 Å². The lowest BCUT2D eigenvalue weighted by molar-refractivity contribution is -0.159. The van der Waals surface area contributed by atoms with Crippen LogP contribution < -0.4 is 15.4 Å².